The molecule has 1 atom stereocenters. The maximum absolute atomic E-state index is 9.27. The van der Waals surface area contributed by atoms with Crippen molar-refractivity contribution in [1.29, 1.82) is 5.26 Å². The maximum Gasteiger partial charge on any atom is 0.192 e. The van der Waals surface area contributed by atoms with Gasteiger partial charge in [-0.3, -0.25) is 4.57 Å². The van der Waals surface area contributed by atoms with Gasteiger partial charge in [-0.1, -0.05) is 48.2 Å². The van der Waals surface area contributed by atoms with Crippen LogP contribution in [0.4, 0.5) is 0 Å². The Morgan fingerprint density at radius 3 is 2.79 bits per heavy atom. The highest BCUT2D eigenvalue weighted by Crippen LogP contribution is 2.36. The van der Waals surface area contributed by atoms with Gasteiger partial charge in [-0.25, -0.2) is 0 Å². The van der Waals surface area contributed by atoms with Gasteiger partial charge in [0.2, 0.25) is 0 Å². The largest absolute Gasteiger partial charge is 0.485 e. The first kappa shape index (κ1) is 18.1. The molecular weight excluding hydrogens is 372 g/mol. The fraction of sp³-hybridized carbons (Fsp3) is 0.190. The number of nitriles is 1. The molecule has 140 valence electrons. The van der Waals surface area contributed by atoms with E-state index in [1.165, 1.54) is 11.8 Å². The van der Waals surface area contributed by atoms with E-state index in [0.29, 0.717) is 36.0 Å². The van der Waals surface area contributed by atoms with Gasteiger partial charge in [0.15, 0.2) is 28.6 Å². The Morgan fingerprint density at radius 1 is 1.18 bits per heavy atom. The van der Waals surface area contributed by atoms with E-state index < -0.39 is 0 Å². The van der Waals surface area contributed by atoms with Crippen molar-refractivity contribution in [2.75, 3.05) is 6.61 Å². The average molecular weight is 390 g/mol. The molecule has 0 unspecified atom stereocenters. The Balaban J connectivity index is 1.56. The number of fused-ring (bicyclic) bond motifs is 1. The second-order valence-electron chi connectivity index (χ2n) is 6.16. The number of hydrogen-bond donors (Lipinski definition) is 0. The second kappa shape index (κ2) is 8.19. The molecule has 0 N–H and O–H groups in total. The number of ether oxygens (including phenoxy) is 2. The van der Waals surface area contributed by atoms with Crippen LogP contribution in [0.1, 0.15) is 23.1 Å². The van der Waals surface area contributed by atoms with Gasteiger partial charge in [0.1, 0.15) is 6.61 Å². The molecule has 0 fully saturated rings. The normalized spacial score (nSPS) is 15.0. The Morgan fingerprint density at radius 2 is 1.96 bits per heavy atom. The monoisotopic (exact) mass is 390 g/mol. The van der Waals surface area contributed by atoms with Crippen LogP contribution in [0, 0.1) is 11.3 Å². The first-order valence-corrected chi connectivity index (χ1v) is 9.82. The van der Waals surface area contributed by atoms with Gasteiger partial charge >= 0.3 is 0 Å². The number of nitrogens with zero attached hydrogens (tertiary/aromatic N) is 4. The molecule has 0 amide bonds. The van der Waals surface area contributed by atoms with Gasteiger partial charge in [0.25, 0.3) is 0 Å². The zero-order chi connectivity index (χ0) is 19.3. The van der Waals surface area contributed by atoms with E-state index in [4.69, 9.17) is 9.47 Å². The predicted octanol–water partition coefficient (Wildman–Crippen LogP) is 4.14. The lowest BCUT2D eigenvalue weighted by Crippen LogP contribution is -2.25. The molecule has 0 radical (unpaired) electrons. The molecule has 3 aromatic rings. The second-order valence-corrected chi connectivity index (χ2v) is 7.10. The standard InChI is InChI=1S/C21H18N4O2S/c1-2-11-25-20(19-13-26-17-9-5-6-10-18(17)27-19)23-24-21(25)28-14-16-8-4-3-7-15(16)12-22/h2-10,19H,1,11,13-14H2/t19-/m1/s1. The van der Waals surface area contributed by atoms with Crippen molar-refractivity contribution in [2.24, 2.45) is 0 Å². The van der Waals surface area contributed by atoms with Gasteiger partial charge in [0, 0.05) is 12.3 Å². The van der Waals surface area contributed by atoms with Gasteiger partial charge in [-0.05, 0) is 23.8 Å². The number of aromatic nitrogens is 3. The molecule has 2 aromatic carbocycles. The van der Waals surface area contributed by atoms with Crippen LogP contribution in [0.25, 0.3) is 0 Å². The Hall–Kier alpha value is -3.24. The van der Waals surface area contributed by atoms with E-state index in [1.54, 1.807) is 6.08 Å². The SMILES string of the molecule is C=CCn1c(SCc2ccccc2C#N)nnc1[C@H]1COc2ccccc2O1. The number of benzene rings is 2. The summed E-state index contributed by atoms with van der Waals surface area (Å²) in [7, 11) is 0. The van der Waals surface area contributed by atoms with E-state index in [-0.39, 0.29) is 6.10 Å². The first-order chi connectivity index (χ1) is 13.8. The van der Waals surface area contributed by atoms with E-state index in [2.05, 4.69) is 22.8 Å². The maximum atomic E-state index is 9.27. The highest BCUT2D eigenvalue weighted by molar-refractivity contribution is 7.98. The lowest BCUT2D eigenvalue weighted by molar-refractivity contribution is 0.0821. The first-order valence-electron chi connectivity index (χ1n) is 8.83. The number of hydrogen-bond acceptors (Lipinski definition) is 6. The molecule has 0 saturated heterocycles. The van der Waals surface area contributed by atoms with Gasteiger partial charge in [-0.2, -0.15) is 5.26 Å². The van der Waals surface area contributed by atoms with Gasteiger partial charge in [0.05, 0.1) is 11.6 Å². The van der Waals surface area contributed by atoms with Crippen LogP contribution in [0.3, 0.4) is 0 Å². The third kappa shape index (κ3) is 3.59. The summed E-state index contributed by atoms with van der Waals surface area (Å²) in [6, 6.07) is 17.4. The average Bonchev–Trinajstić information content (AvgIpc) is 3.15. The van der Waals surface area contributed by atoms with Crippen molar-refractivity contribution in [2.45, 2.75) is 23.6 Å². The number of rotatable bonds is 6. The van der Waals surface area contributed by atoms with Gasteiger partial charge < -0.3 is 9.47 Å². The van der Waals surface area contributed by atoms with Crippen LogP contribution in [0.5, 0.6) is 11.5 Å². The van der Waals surface area contributed by atoms with E-state index >= 15 is 0 Å². The van der Waals surface area contributed by atoms with Crippen LogP contribution < -0.4 is 9.47 Å². The third-order valence-electron chi connectivity index (χ3n) is 4.35. The lowest BCUT2D eigenvalue weighted by Gasteiger charge is -2.26. The Labute approximate surface area is 167 Å². The lowest BCUT2D eigenvalue weighted by atomic mass is 10.1. The highest BCUT2D eigenvalue weighted by atomic mass is 32.2. The molecule has 7 heteroatoms. The molecule has 0 aliphatic carbocycles. The van der Waals surface area contributed by atoms with Crippen LogP contribution in [0.15, 0.2) is 66.3 Å². The highest BCUT2D eigenvalue weighted by Gasteiger charge is 2.28. The van der Waals surface area contributed by atoms with Crippen LogP contribution >= 0.6 is 11.8 Å². The smallest absolute Gasteiger partial charge is 0.192 e. The molecule has 1 aromatic heterocycles. The topological polar surface area (TPSA) is 73.0 Å². The predicted molar refractivity (Wildman–Crippen MR) is 106 cm³/mol. The van der Waals surface area contributed by atoms with Gasteiger partial charge in [-0.15, -0.1) is 16.8 Å². The summed E-state index contributed by atoms with van der Waals surface area (Å²) >= 11 is 1.53. The molecule has 2 heterocycles. The van der Waals surface area contributed by atoms with Crippen molar-refractivity contribution < 1.29 is 9.47 Å². The molecule has 4 rings (SSSR count). The van der Waals surface area contributed by atoms with Crippen LogP contribution in [-0.4, -0.2) is 21.4 Å². The minimum atomic E-state index is -0.344. The van der Waals surface area contributed by atoms with E-state index in [0.717, 1.165) is 16.5 Å². The van der Waals surface area contributed by atoms with E-state index in [9.17, 15) is 5.26 Å². The minimum Gasteiger partial charge on any atom is -0.485 e. The summed E-state index contributed by atoms with van der Waals surface area (Å²) in [6.45, 7) is 4.77. The molecule has 1 aliphatic heterocycles. The van der Waals surface area contributed by atoms with Crippen molar-refractivity contribution in [1.82, 2.24) is 14.8 Å². The summed E-state index contributed by atoms with van der Waals surface area (Å²) in [5.74, 6) is 2.76. The van der Waals surface area contributed by atoms with Crippen molar-refractivity contribution in [3.8, 4) is 17.6 Å². The molecule has 1 aliphatic rings. The van der Waals surface area contributed by atoms with Crippen molar-refractivity contribution >= 4 is 11.8 Å². The fourth-order valence-corrected chi connectivity index (χ4v) is 3.95. The summed E-state index contributed by atoms with van der Waals surface area (Å²) in [5, 5.41) is 18.7. The molecular formula is C21H18N4O2S. The van der Waals surface area contributed by atoms with E-state index in [1.807, 2.05) is 53.1 Å². The summed E-state index contributed by atoms with van der Waals surface area (Å²) in [4.78, 5) is 0. The Kier molecular flexibility index (Phi) is 5.31. The quantitative estimate of drug-likeness (QED) is 0.465. The molecule has 28 heavy (non-hydrogen) atoms. The fourth-order valence-electron chi connectivity index (χ4n) is 2.99. The molecule has 0 bridgehead atoms. The van der Waals surface area contributed by atoms with Crippen LogP contribution in [0.2, 0.25) is 0 Å². The number of para-hydroxylation sites is 2. The van der Waals surface area contributed by atoms with Crippen molar-refractivity contribution in [3.63, 3.8) is 0 Å². The summed E-state index contributed by atoms with van der Waals surface area (Å²) in [6.07, 6.45) is 1.46. The minimum absolute atomic E-state index is 0.344. The zero-order valence-corrected chi connectivity index (χ0v) is 15.9. The molecule has 0 spiro atoms. The van der Waals surface area contributed by atoms with Crippen molar-refractivity contribution in [3.05, 3.63) is 78.1 Å². The third-order valence-corrected chi connectivity index (χ3v) is 5.36. The Bertz CT molecular complexity index is 1040. The molecule has 6 nitrogen and oxygen atoms in total. The number of thioether (sulfide) groups is 1. The molecule has 0 saturated carbocycles. The summed E-state index contributed by atoms with van der Waals surface area (Å²) < 4.78 is 13.9. The number of allylic oxidation sites excluding steroid dienone is 1. The summed E-state index contributed by atoms with van der Waals surface area (Å²) in [5.41, 5.74) is 1.64. The zero-order valence-electron chi connectivity index (χ0n) is 15.1. The van der Waals surface area contributed by atoms with Crippen LogP contribution in [-0.2, 0) is 12.3 Å².